The van der Waals surface area contributed by atoms with E-state index in [1.165, 1.54) is 0 Å². The zero-order valence-electron chi connectivity index (χ0n) is 14.0. The van der Waals surface area contributed by atoms with Crippen LogP contribution in [-0.4, -0.2) is 26.3 Å². The monoisotopic (exact) mass is 373 g/mol. The van der Waals surface area contributed by atoms with Gasteiger partial charge < -0.3 is 9.17 Å². The molecule has 3 aromatic rings. The van der Waals surface area contributed by atoms with E-state index in [1.807, 2.05) is 30.3 Å². The maximum atomic E-state index is 12.5. The molecule has 1 N–H and O–H groups in total. The molecule has 0 atom stereocenters. The van der Waals surface area contributed by atoms with Gasteiger partial charge >= 0.3 is 10.4 Å². The number of H-pyrrole nitrogens is 1. The molecule has 1 heterocycles. The number of carbonyl (C=O) groups is 1. The Hall–Kier alpha value is -2.97. The van der Waals surface area contributed by atoms with Crippen LogP contribution in [0.3, 0.4) is 0 Å². The average Bonchev–Trinajstić information content (AvgIpc) is 2.61. The van der Waals surface area contributed by atoms with Crippen LogP contribution in [0.4, 0.5) is 0 Å². The molecule has 7 nitrogen and oxygen atoms in total. The molecular formula is C18H15NO6S. The van der Waals surface area contributed by atoms with Gasteiger partial charge in [-0.15, -0.1) is 0 Å². The first-order valence-electron chi connectivity index (χ1n) is 7.59. The van der Waals surface area contributed by atoms with Gasteiger partial charge in [-0.05, 0) is 18.6 Å². The minimum atomic E-state index is -4.42. The first-order chi connectivity index (χ1) is 12.3. The average molecular weight is 373 g/mol. The lowest BCUT2D eigenvalue weighted by atomic mass is 10.00. The van der Waals surface area contributed by atoms with E-state index in [0.717, 1.165) is 19.6 Å². The molecule has 2 aromatic carbocycles. The molecule has 1 aromatic heterocycles. The van der Waals surface area contributed by atoms with Crippen LogP contribution in [0.5, 0.6) is 5.75 Å². The lowest BCUT2D eigenvalue weighted by molar-refractivity contribution is 0.101. The first-order valence-corrected chi connectivity index (χ1v) is 8.93. The Morgan fingerprint density at radius 1 is 1.04 bits per heavy atom. The minimum Gasteiger partial charge on any atom is -0.360 e. The first kappa shape index (κ1) is 17.8. The summed E-state index contributed by atoms with van der Waals surface area (Å²) >= 11 is 0. The number of para-hydroxylation sites is 1. The van der Waals surface area contributed by atoms with Crippen molar-refractivity contribution < 1.29 is 21.6 Å². The second kappa shape index (κ2) is 6.74. The number of aromatic amines is 1. The number of carbonyl (C=O) groups excluding carboxylic acids is 1. The topological polar surface area (TPSA) is 103 Å². The molecule has 0 spiro atoms. The summed E-state index contributed by atoms with van der Waals surface area (Å²) in [6, 6.07) is 14.2. The predicted molar refractivity (Wildman–Crippen MR) is 96.6 cm³/mol. The number of aromatic nitrogens is 1. The fraction of sp³-hybridized carbons (Fsp3) is 0.111. The number of hydrogen-bond donors (Lipinski definition) is 1. The van der Waals surface area contributed by atoms with Gasteiger partial charge in [-0.3, -0.25) is 9.59 Å². The van der Waals surface area contributed by atoms with Crippen LogP contribution < -0.4 is 9.74 Å². The van der Waals surface area contributed by atoms with Gasteiger partial charge in [0.05, 0.1) is 12.6 Å². The quantitative estimate of drug-likeness (QED) is 0.690. The number of benzene rings is 2. The summed E-state index contributed by atoms with van der Waals surface area (Å²) in [6.07, 6.45) is 0. The van der Waals surface area contributed by atoms with Crippen molar-refractivity contribution in [2.45, 2.75) is 6.92 Å². The summed E-state index contributed by atoms with van der Waals surface area (Å²) < 4.78 is 32.8. The van der Waals surface area contributed by atoms with Crippen LogP contribution in [0.2, 0.25) is 0 Å². The van der Waals surface area contributed by atoms with Gasteiger partial charge in [0, 0.05) is 10.9 Å². The maximum absolute atomic E-state index is 12.5. The third-order valence-electron chi connectivity index (χ3n) is 3.83. The van der Waals surface area contributed by atoms with E-state index < -0.39 is 21.7 Å². The van der Waals surface area contributed by atoms with Crippen molar-refractivity contribution >= 4 is 27.1 Å². The van der Waals surface area contributed by atoms with Crippen molar-refractivity contribution in [1.29, 1.82) is 0 Å². The van der Waals surface area contributed by atoms with Gasteiger partial charge in [0.2, 0.25) is 0 Å². The van der Waals surface area contributed by atoms with Crippen molar-refractivity contribution in [2.75, 3.05) is 7.11 Å². The van der Waals surface area contributed by atoms with E-state index >= 15 is 0 Å². The predicted octanol–water partition coefficient (Wildman–Crippen LogP) is 2.67. The van der Waals surface area contributed by atoms with Gasteiger partial charge in [-0.2, -0.15) is 8.42 Å². The lowest BCUT2D eigenvalue weighted by Crippen LogP contribution is -2.21. The molecule has 0 aliphatic rings. The van der Waals surface area contributed by atoms with Crippen molar-refractivity contribution in [3.05, 3.63) is 64.4 Å². The third-order valence-corrected chi connectivity index (χ3v) is 4.61. The molecule has 0 aliphatic carbocycles. The maximum Gasteiger partial charge on any atom is 0.448 e. The Morgan fingerprint density at radius 2 is 1.73 bits per heavy atom. The molecule has 0 saturated heterocycles. The summed E-state index contributed by atoms with van der Waals surface area (Å²) in [5, 5.41) is 0.275. The minimum absolute atomic E-state index is 0.275. The Labute approximate surface area is 149 Å². The number of Topliss-reactive ketones (excluding diaryl/α,β-unsaturated/α-hetero) is 1. The zero-order valence-corrected chi connectivity index (χ0v) is 14.8. The highest BCUT2D eigenvalue weighted by molar-refractivity contribution is 7.82. The Bertz CT molecular complexity index is 1150. The number of fused-ring (bicyclic) bond motifs is 1. The largest absolute Gasteiger partial charge is 0.448 e. The molecule has 0 saturated carbocycles. The molecule has 0 unspecified atom stereocenters. The number of rotatable bonds is 5. The smallest absolute Gasteiger partial charge is 0.360 e. The van der Waals surface area contributed by atoms with Gasteiger partial charge in [-0.1, -0.05) is 42.5 Å². The highest BCUT2D eigenvalue weighted by Gasteiger charge is 2.24. The molecule has 0 bridgehead atoms. The van der Waals surface area contributed by atoms with Crippen molar-refractivity contribution in [2.24, 2.45) is 0 Å². The number of nitrogens with one attached hydrogen (secondary N) is 1. The number of hydrogen-bond acceptors (Lipinski definition) is 6. The standard InChI is InChI=1S/C18H15NO6S/c1-11(20)15-17(25-26(22,23)24-2)14-10-6-9-13(16(14)19-18(15)21)12-7-4-3-5-8-12/h3-10H,1-2H3,(H,19,21). The molecule has 134 valence electrons. The Kier molecular flexibility index (Phi) is 4.62. The number of pyridine rings is 1. The molecular weight excluding hydrogens is 358 g/mol. The molecule has 0 fully saturated rings. The van der Waals surface area contributed by atoms with E-state index in [-0.39, 0.29) is 16.7 Å². The van der Waals surface area contributed by atoms with Crippen LogP contribution in [-0.2, 0) is 14.6 Å². The van der Waals surface area contributed by atoms with E-state index in [4.69, 9.17) is 4.18 Å². The molecule has 26 heavy (non-hydrogen) atoms. The Morgan fingerprint density at radius 3 is 2.35 bits per heavy atom. The molecule has 3 rings (SSSR count). The molecule has 0 amide bonds. The van der Waals surface area contributed by atoms with Gasteiger partial charge in [0.15, 0.2) is 11.5 Å². The third kappa shape index (κ3) is 3.24. The van der Waals surface area contributed by atoms with E-state index in [2.05, 4.69) is 9.17 Å². The summed E-state index contributed by atoms with van der Waals surface area (Å²) in [7, 11) is -3.50. The summed E-state index contributed by atoms with van der Waals surface area (Å²) in [6.45, 7) is 1.16. The highest BCUT2D eigenvalue weighted by Crippen LogP contribution is 2.34. The molecule has 8 heteroatoms. The zero-order chi connectivity index (χ0) is 18.9. The van der Waals surface area contributed by atoms with Gasteiger partial charge in [-0.25, -0.2) is 4.18 Å². The Balaban J connectivity index is 2.41. The van der Waals surface area contributed by atoms with Crippen LogP contribution in [0.25, 0.3) is 22.0 Å². The highest BCUT2D eigenvalue weighted by atomic mass is 32.3. The van der Waals surface area contributed by atoms with Gasteiger partial charge in [0.1, 0.15) is 5.56 Å². The normalized spacial score (nSPS) is 11.5. The fourth-order valence-electron chi connectivity index (χ4n) is 2.69. The second-order valence-electron chi connectivity index (χ2n) is 5.47. The summed E-state index contributed by atoms with van der Waals surface area (Å²) in [5.41, 5.74) is 0.702. The SMILES string of the molecule is COS(=O)(=O)Oc1c(C(C)=O)c(=O)[nH]c2c(-c3ccccc3)cccc12. The molecule has 0 aliphatic heterocycles. The van der Waals surface area contributed by atoms with Crippen molar-refractivity contribution in [1.82, 2.24) is 4.98 Å². The van der Waals surface area contributed by atoms with E-state index in [0.29, 0.717) is 11.1 Å². The van der Waals surface area contributed by atoms with Gasteiger partial charge in [0.25, 0.3) is 5.56 Å². The lowest BCUT2D eigenvalue weighted by Gasteiger charge is -2.13. The number of ketones is 1. The van der Waals surface area contributed by atoms with E-state index in [9.17, 15) is 18.0 Å². The summed E-state index contributed by atoms with van der Waals surface area (Å²) in [4.78, 5) is 27.0. The van der Waals surface area contributed by atoms with E-state index in [1.54, 1.807) is 18.2 Å². The van der Waals surface area contributed by atoms with Crippen molar-refractivity contribution in [3.63, 3.8) is 0 Å². The fourth-order valence-corrected chi connectivity index (χ4v) is 3.14. The van der Waals surface area contributed by atoms with Crippen LogP contribution in [0, 0.1) is 0 Å². The van der Waals surface area contributed by atoms with Crippen LogP contribution in [0.1, 0.15) is 17.3 Å². The van der Waals surface area contributed by atoms with Crippen molar-refractivity contribution in [3.8, 4) is 16.9 Å². The molecule has 0 radical (unpaired) electrons. The summed E-state index contributed by atoms with van der Waals surface area (Å²) in [5.74, 6) is -0.976. The second-order valence-corrected chi connectivity index (χ2v) is 6.78. The van der Waals surface area contributed by atoms with Crippen LogP contribution in [0.15, 0.2) is 53.3 Å². The van der Waals surface area contributed by atoms with Crippen LogP contribution >= 0.6 is 0 Å².